The van der Waals surface area contributed by atoms with Gasteiger partial charge in [-0.05, 0) is 81.5 Å². The van der Waals surface area contributed by atoms with Crippen molar-refractivity contribution in [3.63, 3.8) is 0 Å². The van der Waals surface area contributed by atoms with Crippen LogP contribution in [0.2, 0.25) is 0 Å². The fourth-order valence-electron chi connectivity index (χ4n) is 5.54. The molecule has 3 aromatic rings. The van der Waals surface area contributed by atoms with Crippen LogP contribution in [0, 0.1) is 19.8 Å². The monoisotopic (exact) mass is 517 g/mol. The van der Waals surface area contributed by atoms with Gasteiger partial charge >= 0.3 is 0 Å². The number of carbonyl (C=O) groups is 2. The van der Waals surface area contributed by atoms with E-state index in [2.05, 4.69) is 36.2 Å². The van der Waals surface area contributed by atoms with Gasteiger partial charge in [-0.25, -0.2) is 4.98 Å². The summed E-state index contributed by atoms with van der Waals surface area (Å²) in [6.45, 7) is 3.94. The van der Waals surface area contributed by atoms with E-state index in [1.807, 2.05) is 6.07 Å². The number of rotatable bonds is 12. The van der Waals surface area contributed by atoms with Crippen molar-refractivity contribution in [2.45, 2.75) is 77.6 Å². The molecule has 1 aliphatic carbocycles. The molecule has 0 atom stereocenters. The van der Waals surface area contributed by atoms with E-state index in [1.54, 1.807) is 33.3 Å². The maximum Gasteiger partial charge on any atom is 0.226 e. The van der Waals surface area contributed by atoms with E-state index in [9.17, 15) is 9.59 Å². The summed E-state index contributed by atoms with van der Waals surface area (Å²) < 4.78 is 16.4. The van der Waals surface area contributed by atoms with Crippen LogP contribution >= 0.6 is 0 Å². The van der Waals surface area contributed by atoms with Crippen LogP contribution in [0.25, 0.3) is 11.5 Å². The molecule has 0 spiro atoms. The van der Waals surface area contributed by atoms with Crippen molar-refractivity contribution in [1.82, 2.24) is 4.98 Å². The molecular weight excluding hydrogens is 478 g/mol. The number of Topliss-reactive ketones (excluding diaryl/α,β-unsaturated/α-hetero) is 2. The third-order valence-electron chi connectivity index (χ3n) is 7.71. The van der Waals surface area contributed by atoms with Crippen molar-refractivity contribution >= 4 is 11.6 Å². The lowest BCUT2D eigenvalue weighted by atomic mass is 9.77. The average Bonchev–Trinajstić information content (AvgIpc) is 3.28. The van der Waals surface area contributed by atoms with E-state index in [1.165, 1.54) is 36.8 Å². The second-order valence-electron chi connectivity index (χ2n) is 10.5. The summed E-state index contributed by atoms with van der Waals surface area (Å²) in [4.78, 5) is 29.7. The van der Waals surface area contributed by atoms with Crippen molar-refractivity contribution in [1.29, 1.82) is 0 Å². The zero-order chi connectivity index (χ0) is 27.1. The maximum absolute atomic E-state index is 12.6. The van der Waals surface area contributed by atoms with Crippen LogP contribution in [0.3, 0.4) is 0 Å². The topological polar surface area (TPSA) is 78.6 Å². The molecule has 0 bridgehead atoms. The molecule has 1 fully saturated rings. The molecule has 1 heterocycles. The van der Waals surface area contributed by atoms with Crippen LogP contribution in [-0.2, 0) is 16.0 Å². The average molecular weight is 518 g/mol. The van der Waals surface area contributed by atoms with Crippen molar-refractivity contribution in [2.75, 3.05) is 14.2 Å². The normalized spacial score (nSPS) is 17.3. The SMILES string of the molecule is COc1ccc(-c2nc(CC(=O)CC(=O)CCCC3CCC(c4cccc(C)c4)CC3)c(C)o2)cc1OC. The minimum atomic E-state index is -0.121. The Labute approximate surface area is 225 Å². The van der Waals surface area contributed by atoms with Gasteiger partial charge in [-0.15, -0.1) is 0 Å². The number of benzene rings is 2. The molecule has 202 valence electrons. The van der Waals surface area contributed by atoms with E-state index in [0.29, 0.717) is 47.1 Å². The van der Waals surface area contributed by atoms with E-state index in [4.69, 9.17) is 13.9 Å². The summed E-state index contributed by atoms with van der Waals surface area (Å²) in [5.41, 5.74) is 4.09. The highest BCUT2D eigenvalue weighted by Crippen LogP contribution is 2.38. The first-order chi connectivity index (χ1) is 18.4. The van der Waals surface area contributed by atoms with Gasteiger partial charge in [-0.3, -0.25) is 9.59 Å². The first-order valence-corrected chi connectivity index (χ1v) is 13.6. The lowest BCUT2D eigenvalue weighted by Crippen LogP contribution is -2.14. The molecule has 0 radical (unpaired) electrons. The molecule has 0 amide bonds. The molecule has 6 heteroatoms. The summed E-state index contributed by atoms with van der Waals surface area (Å²) in [5, 5.41) is 0. The molecule has 0 N–H and O–H groups in total. The molecule has 1 saturated carbocycles. The second kappa shape index (κ2) is 12.9. The van der Waals surface area contributed by atoms with Gasteiger partial charge in [0, 0.05) is 12.0 Å². The maximum atomic E-state index is 12.6. The summed E-state index contributed by atoms with van der Waals surface area (Å²) in [5.74, 6) is 3.43. The first-order valence-electron chi connectivity index (χ1n) is 13.6. The van der Waals surface area contributed by atoms with Gasteiger partial charge in [-0.1, -0.05) is 36.2 Å². The van der Waals surface area contributed by atoms with E-state index < -0.39 is 0 Å². The smallest absolute Gasteiger partial charge is 0.226 e. The Kier molecular flexibility index (Phi) is 9.38. The third-order valence-corrected chi connectivity index (χ3v) is 7.71. The van der Waals surface area contributed by atoms with Gasteiger partial charge in [0.15, 0.2) is 11.5 Å². The predicted molar refractivity (Wildman–Crippen MR) is 148 cm³/mol. The van der Waals surface area contributed by atoms with Crippen molar-refractivity contribution in [3.8, 4) is 23.0 Å². The minimum absolute atomic E-state index is 0.0182. The number of methoxy groups -OCH3 is 2. The summed E-state index contributed by atoms with van der Waals surface area (Å²) >= 11 is 0. The summed E-state index contributed by atoms with van der Waals surface area (Å²) in [7, 11) is 3.15. The number of aromatic nitrogens is 1. The number of aryl methyl sites for hydroxylation is 2. The number of oxazole rings is 1. The molecule has 1 aliphatic rings. The number of nitrogens with zero attached hydrogens (tertiary/aromatic N) is 1. The number of carbonyl (C=O) groups excluding carboxylic acids is 2. The third kappa shape index (κ3) is 7.12. The standard InChI is InChI=1S/C32H39NO5/c1-21-7-5-9-25(17-21)24-13-11-23(12-14-24)8-6-10-27(34)19-28(35)20-29-22(2)38-32(33-29)26-15-16-30(36-3)31(18-26)37-4/h5,7,9,15-18,23-24H,6,8,10-14,19-20H2,1-4H3. The molecule has 6 nitrogen and oxygen atoms in total. The molecule has 4 rings (SSSR count). The summed E-state index contributed by atoms with van der Waals surface area (Å²) in [6.07, 6.45) is 7.34. The predicted octanol–water partition coefficient (Wildman–Crippen LogP) is 7.19. The quantitative estimate of drug-likeness (QED) is 0.237. The number of ketones is 2. The van der Waals surface area contributed by atoms with E-state index >= 15 is 0 Å². The zero-order valence-corrected chi connectivity index (χ0v) is 23.0. The number of hydrogen-bond donors (Lipinski definition) is 0. The van der Waals surface area contributed by atoms with Crippen molar-refractivity contribution in [3.05, 3.63) is 65.0 Å². The largest absolute Gasteiger partial charge is 0.493 e. The number of hydrogen-bond acceptors (Lipinski definition) is 6. The minimum Gasteiger partial charge on any atom is -0.493 e. The molecule has 1 aromatic heterocycles. The molecule has 38 heavy (non-hydrogen) atoms. The second-order valence-corrected chi connectivity index (χ2v) is 10.5. The van der Waals surface area contributed by atoms with Crippen LogP contribution < -0.4 is 9.47 Å². The van der Waals surface area contributed by atoms with E-state index in [0.717, 1.165) is 18.4 Å². The zero-order valence-electron chi connectivity index (χ0n) is 23.0. The van der Waals surface area contributed by atoms with Gasteiger partial charge in [0.25, 0.3) is 0 Å². The highest BCUT2D eigenvalue weighted by Gasteiger charge is 2.23. The molecule has 2 aromatic carbocycles. The van der Waals surface area contributed by atoms with Gasteiger partial charge in [-0.2, -0.15) is 0 Å². The van der Waals surface area contributed by atoms with Crippen LogP contribution in [0.4, 0.5) is 0 Å². The molecule has 0 unspecified atom stereocenters. The Morgan fingerprint density at radius 1 is 0.947 bits per heavy atom. The van der Waals surface area contributed by atoms with Crippen LogP contribution in [0.5, 0.6) is 11.5 Å². The van der Waals surface area contributed by atoms with Gasteiger partial charge in [0.2, 0.25) is 5.89 Å². The van der Waals surface area contributed by atoms with E-state index in [-0.39, 0.29) is 24.4 Å². The Bertz CT molecular complexity index is 1250. The molecule has 0 saturated heterocycles. The first kappa shape index (κ1) is 27.6. The lowest BCUT2D eigenvalue weighted by Gasteiger charge is -2.29. The van der Waals surface area contributed by atoms with Crippen molar-refractivity contribution in [2.24, 2.45) is 5.92 Å². The van der Waals surface area contributed by atoms with Crippen LogP contribution in [0.15, 0.2) is 46.9 Å². The van der Waals surface area contributed by atoms with Gasteiger partial charge in [0.1, 0.15) is 17.3 Å². The lowest BCUT2D eigenvalue weighted by molar-refractivity contribution is -0.126. The van der Waals surface area contributed by atoms with Crippen LogP contribution in [-0.4, -0.2) is 30.8 Å². The Morgan fingerprint density at radius 2 is 1.71 bits per heavy atom. The fraction of sp³-hybridized carbons (Fsp3) is 0.469. The van der Waals surface area contributed by atoms with Gasteiger partial charge < -0.3 is 13.9 Å². The Balaban J connectivity index is 1.20. The molecule has 0 aliphatic heterocycles. The highest BCUT2D eigenvalue weighted by molar-refractivity contribution is 5.99. The Hall–Kier alpha value is -3.41. The van der Waals surface area contributed by atoms with Gasteiger partial charge in [0.05, 0.1) is 32.8 Å². The fourth-order valence-corrected chi connectivity index (χ4v) is 5.54. The van der Waals surface area contributed by atoms with Crippen molar-refractivity contribution < 1.29 is 23.5 Å². The highest BCUT2D eigenvalue weighted by atomic mass is 16.5. The van der Waals surface area contributed by atoms with Crippen LogP contribution in [0.1, 0.15) is 79.9 Å². The Morgan fingerprint density at radius 3 is 2.42 bits per heavy atom. The molecular formula is C32H39NO5. The summed E-state index contributed by atoms with van der Waals surface area (Å²) in [6, 6.07) is 14.3. The number of ether oxygens (including phenoxy) is 2.